The number of benzene rings is 2. The quantitative estimate of drug-likeness (QED) is 0.636. The summed E-state index contributed by atoms with van der Waals surface area (Å²) in [5, 5.41) is 0. The van der Waals surface area contributed by atoms with Gasteiger partial charge in [0.1, 0.15) is 5.75 Å². The van der Waals surface area contributed by atoms with Crippen LogP contribution in [0.2, 0.25) is 0 Å². The molecule has 2 aromatic rings. The molecule has 0 fully saturated rings. The number of nitrogens with one attached hydrogen (secondary N) is 2. The van der Waals surface area contributed by atoms with Crippen molar-refractivity contribution in [1.82, 2.24) is 10.9 Å². The van der Waals surface area contributed by atoms with Gasteiger partial charge in [-0.2, -0.15) is 0 Å². The van der Waals surface area contributed by atoms with E-state index in [1.54, 1.807) is 24.3 Å². The molecule has 3 rings (SSSR count). The molecule has 0 aliphatic carbocycles. The predicted octanol–water partition coefficient (Wildman–Crippen LogP) is 2.29. The Bertz CT molecular complexity index is 830. The number of hydrazine groups is 1. The summed E-state index contributed by atoms with van der Waals surface area (Å²) in [6.45, 7) is 2.64. The number of hydrogen-bond acceptors (Lipinski definition) is 5. The van der Waals surface area contributed by atoms with Crippen LogP contribution in [0.15, 0.2) is 48.5 Å². The summed E-state index contributed by atoms with van der Waals surface area (Å²) in [4.78, 5) is 23.9. The fourth-order valence-corrected chi connectivity index (χ4v) is 2.28. The maximum absolute atomic E-state index is 12.1. The van der Waals surface area contributed by atoms with Gasteiger partial charge in [0, 0.05) is 11.6 Å². The molecule has 0 spiro atoms. The number of amides is 2. The van der Waals surface area contributed by atoms with E-state index in [4.69, 9.17) is 14.2 Å². The lowest BCUT2D eigenvalue weighted by Gasteiger charge is -2.06. The molecule has 0 bridgehead atoms. The first-order valence-corrected chi connectivity index (χ1v) is 8.06. The highest BCUT2D eigenvalue weighted by atomic mass is 16.7. The van der Waals surface area contributed by atoms with E-state index < -0.39 is 11.8 Å². The third-order valence-electron chi connectivity index (χ3n) is 3.55. The minimum absolute atomic E-state index is 0.132. The van der Waals surface area contributed by atoms with Crippen LogP contribution in [0.5, 0.6) is 17.2 Å². The zero-order chi connectivity index (χ0) is 18.4. The maximum Gasteiger partial charge on any atom is 0.269 e. The van der Waals surface area contributed by atoms with Gasteiger partial charge < -0.3 is 14.2 Å². The number of carbonyl (C=O) groups excluding carboxylic acids is 2. The first-order valence-electron chi connectivity index (χ1n) is 8.06. The summed E-state index contributed by atoms with van der Waals surface area (Å²) < 4.78 is 15.8. The van der Waals surface area contributed by atoms with Crippen molar-refractivity contribution in [1.29, 1.82) is 0 Å². The van der Waals surface area contributed by atoms with E-state index in [1.807, 2.05) is 31.2 Å². The van der Waals surface area contributed by atoms with Crippen LogP contribution >= 0.6 is 0 Å². The average Bonchev–Trinajstić information content (AvgIpc) is 3.13. The van der Waals surface area contributed by atoms with Crippen molar-refractivity contribution in [3.8, 4) is 17.2 Å². The molecule has 0 unspecified atom stereocenters. The zero-order valence-corrected chi connectivity index (χ0v) is 14.2. The van der Waals surface area contributed by atoms with Crippen molar-refractivity contribution < 1.29 is 23.8 Å². The van der Waals surface area contributed by atoms with Crippen LogP contribution in [0.1, 0.15) is 22.8 Å². The van der Waals surface area contributed by atoms with Crippen LogP contribution in [0.3, 0.4) is 0 Å². The first kappa shape index (κ1) is 17.3. The number of ether oxygens (including phenoxy) is 3. The lowest BCUT2D eigenvalue weighted by molar-refractivity contribution is -0.117. The normalized spacial score (nSPS) is 12.0. The first-order chi connectivity index (χ1) is 12.7. The Kier molecular flexibility index (Phi) is 5.38. The molecule has 26 heavy (non-hydrogen) atoms. The molecule has 0 saturated carbocycles. The minimum atomic E-state index is -0.453. The van der Waals surface area contributed by atoms with Crippen molar-refractivity contribution >= 4 is 17.9 Å². The van der Waals surface area contributed by atoms with Crippen molar-refractivity contribution in [3.05, 3.63) is 59.7 Å². The van der Waals surface area contributed by atoms with Gasteiger partial charge in [-0.15, -0.1) is 0 Å². The van der Waals surface area contributed by atoms with Crippen LogP contribution in [-0.4, -0.2) is 25.2 Å². The van der Waals surface area contributed by atoms with Crippen LogP contribution < -0.4 is 25.1 Å². The Morgan fingerprint density at radius 1 is 1.08 bits per heavy atom. The summed E-state index contributed by atoms with van der Waals surface area (Å²) in [5.74, 6) is 0.951. The average molecular weight is 354 g/mol. The highest BCUT2D eigenvalue weighted by molar-refractivity contribution is 5.98. The van der Waals surface area contributed by atoms with E-state index in [-0.39, 0.29) is 6.79 Å². The van der Waals surface area contributed by atoms with Gasteiger partial charge in [0.15, 0.2) is 11.5 Å². The summed E-state index contributed by atoms with van der Waals surface area (Å²) in [5.41, 5.74) is 5.86. The molecule has 0 saturated heterocycles. The van der Waals surface area contributed by atoms with Crippen LogP contribution in [0.4, 0.5) is 0 Å². The smallest absolute Gasteiger partial charge is 0.269 e. The Morgan fingerprint density at radius 2 is 1.85 bits per heavy atom. The summed E-state index contributed by atoms with van der Waals surface area (Å²) in [6.07, 6.45) is 2.97. The second-order valence-corrected chi connectivity index (χ2v) is 5.35. The molecule has 7 heteroatoms. The maximum atomic E-state index is 12.1. The molecule has 2 amide bonds. The highest BCUT2D eigenvalue weighted by Crippen LogP contribution is 2.32. The van der Waals surface area contributed by atoms with E-state index in [0.29, 0.717) is 23.7 Å². The number of fused-ring (bicyclic) bond motifs is 1. The molecule has 2 aromatic carbocycles. The summed E-state index contributed by atoms with van der Waals surface area (Å²) in [6, 6.07) is 12.1. The van der Waals surface area contributed by atoms with Gasteiger partial charge in [-0.05, 0) is 48.9 Å². The third-order valence-corrected chi connectivity index (χ3v) is 3.55. The van der Waals surface area contributed by atoms with E-state index in [9.17, 15) is 9.59 Å². The van der Waals surface area contributed by atoms with Crippen LogP contribution in [0.25, 0.3) is 6.08 Å². The largest absolute Gasteiger partial charge is 0.494 e. The molecule has 0 aromatic heterocycles. The topological polar surface area (TPSA) is 85.9 Å². The molecular formula is C19H18N2O5. The number of carbonyl (C=O) groups is 2. The predicted molar refractivity (Wildman–Crippen MR) is 94.8 cm³/mol. The van der Waals surface area contributed by atoms with Gasteiger partial charge >= 0.3 is 0 Å². The van der Waals surface area contributed by atoms with Gasteiger partial charge in [0.05, 0.1) is 6.61 Å². The number of rotatable bonds is 5. The molecule has 1 heterocycles. The minimum Gasteiger partial charge on any atom is -0.494 e. The van der Waals surface area contributed by atoms with E-state index in [2.05, 4.69) is 10.9 Å². The van der Waals surface area contributed by atoms with Crippen molar-refractivity contribution in [3.63, 3.8) is 0 Å². The standard InChI is InChI=1S/C19H18N2O5/c1-2-24-15-7-3-13(4-8-15)5-10-18(22)20-21-19(23)14-6-9-16-17(11-14)26-12-25-16/h3-11H,2,12H2,1H3,(H,20,22)(H,21,23)/b10-5+. The third kappa shape index (κ3) is 4.32. The van der Waals surface area contributed by atoms with Crippen molar-refractivity contribution in [2.45, 2.75) is 6.92 Å². The van der Waals surface area contributed by atoms with Gasteiger partial charge in [0.2, 0.25) is 6.79 Å². The monoisotopic (exact) mass is 354 g/mol. The molecule has 2 N–H and O–H groups in total. The Morgan fingerprint density at radius 3 is 2.62 bits per heavy atom. The van der Waals surface area contributed by atoms with Crippen molar-refractivity contribution in [2.24, 2.45) is 0 Å². The van der Waals surface area contributed by atoms with E-state index in [1.165, 1.54) is 6.08 Å². The van der Waals surface area contributed by atoms with Gasteiger partial charge in [-0.25, -0.2) is 0 Å². The van der Waals surface area contributed by atoms with Crippen LogP contribution in [-0.2, 0) is 4.79 Å². The lowest BCUT2D eigenvalue weighted by Crippen LogP contribution is -2.40. The van der Waals surface area contributed by atoms with Gasteiger partial charge in [-0.3, -0.25) is 20.4 Å². The highest BCUT2D eigenvalue weighted by Gasteiger charge is 2.16. The Hall–Kier alpha value is -3.48. The van der Waals surface area contributed by atoms with Gasteiger partial charge in [0.25, 0.3) is 11.8 Å². The SMILES string of the molecule is CCOc1ccc(/C=C/C(=O)NNC(=O)c2ccc3c(c2)OCO3)cc1. The van der Waals surface area contributed by atoms with Crippen molar-refractivity contribution in [2.75, 3.05) is 13.4 Å². The summed E-state index contributed by atoms with van der Waals surface area (Å²) >= 11 is 0. The fraction of sp³-hybridized carbons (Fsp3) is 0.158. The summed E-state index contributed by atoms with van der Waals surface area (Å²) in [7, 11) is 0. The zero-order valence-electron chi connectivity index (χ0n) is 14.2. The molecule has 0 radical (unpaired) electrons. The lowest BCUT2D eigenvalue weighted by atomic mass is 10.2. The number of hydrogen-bond donors (Lipinski definition) is 2. The molecule has 1 aliphatic heterocycles. The fourth-order valence-electron chi connectivity index (χ4n) is 2.28. The second kappa shape index (κ2) is 8.06. The van der Waals surface area contributed by atoms with Gasteiger partial charge in [-0.1, -0.05) is 12.1 Å². The molecule has 7 nitrogen and oxygen atoms in total. The Balaban J connectivity index is 1.51. The Labute approximate surface area is 150 Å². The second-order valence-electron chi connectivity index (χ2n) is 5.35. The van der Waals surface area contributed by atoms with Crippen LogP contribution in [0, 0.1) is 0 Å². The molecular weight excluding hydrogens is 336 g/mol. The molecule has 134 valence electrons. The molecule has 0 atom stereocenters. The van der Waals surface area contributed by atoms with E-state index >= 15 is 0 Å². The molecule has 1 aliphatic rings. The van der Waals surface area contributed by atoms with E-state index in [0.717, 1.165) is 11.3 Å².